The molecule has 1 aromatic carbocycles. The van der Waals surface area contributed by atoms with Gasteiger partial charge in [0.2, 0.25) is 0 Å². The monoisotopic (exact) mass is 335 g/mol. The van der Waals surface area contributed by atoms with Crippen LogP contribution in [-0.4, -0.2) is 23.7 Å². The number of hydrogen-bond donors (Lipinski definition) is 2. The third-order valence-electron chi connectivity index (χ3n) is 4.24. The minimum absolute atomic E-state index is 0.0231. The molecule has 126 valence electrons. The van der Waals surface area contributed by atoms with E-state index in [0.29, 0.717) is 11.4 Å². The highest BCUT2D eigenvalue weighted by Gasteiger charge is 2.42. The Hall–Kier alpha value is -2.70. The summed E-state index contributed by atoms with van der Waals surface area (Å²) in [6.45, 7) is 2.69. The summed E-state index contributed by atoms with van der Waals surface area (Å²) in [6.07, 6.45) is -1.66. The van der Waals surface area contributed by atoms with Gasteiger partial charge < -0.3 is 15.2 Å². The number of carbonyl (C=O) groups is 2. The normalized spacial score (nSPS) is 21.3. The van der Waals surface area contributed by atoms with Crippen molar-refractivity contribution in [3.8, 4) is 0 Å². The zero-order chi connectivity index (χ0) is 17.6. The van der Waals surface area contributed by atoms with Crippen LogP contribution >= 0.6 is 0 Å². The Kier molecular flexibility index (Phi) is 3.87. The van der Waals surface area contributed by atoms with E-state index in [1.165, 1.54) is 19.1 Å². The predicted molar refractivity (Wildman–Crippen MR) is 80.1 cm³/mol. The van der Waals surface area contributed by atoms with Gasteiger partial charge in [0.15, 0.2) is 0 Å². The van der Waals surface area contributed by atoms with Crippen LogP contribution in [0.3, 0.4) is 0 Å². The summed E-state index contributed by atoms with van der Waals surface area (Å²) < 4.78 is 33.2. The number of allylic oxidation sites excluding steroid dienone is 1. The highest BCUT2D eigenvalue weighted by atomic mass is 19.1. The lowest BCUT2D eigenvalue weighted by Gasteiger charge is -2.28. The molecule has 0 amide bonds. The molecule has 2 atom stereocenters. The van der Waals surface area contributed by atoms with Crippen LogP contribution in [0.25, 0.3) is 0 Å². The van der Waals surface area contributed by atoms with E-state index < -0.39 is 29.8 Å². The van der Waals surface area contributed by atoms with Crippen molar-refractivity contribution in [1.82, 2.24) is 5.32 Å². The van der Waals surface area contributed by atoms with E-state index in [4.69, 9.17) is 4.74 Å². The first-order valence-electron chi connectivity index (χ1n) is 7.36. The Morgan fingerprint density at radius 1 is 1.46 bits per heavy atom. The van der Waals surface area contributed by atoms with Crippen LogP contribution in [0.1, 0.15) is 37.1 Å². The van der Waals surface area contributed by atoms with Crippen molar-refractivity contribution in [1.29, 1.82) is 0 Å². The van der Waals surface area contributed by atoms with E-state index in [2.05, 4.69) is 5.32 Å². The van der Waals surface area contributed by atoms with Crippen molar-refractivity contribution in [2.75, 3.05) is 6.61 Å². The average Bonchev–Trinajstić information content (AvgIpc) is 2.85. The molecule has 0 fully saturated rings. The van der Waals surface area contributed by atoms with Crippen LogP contribution in [0.2, 0.25) is 0 Å². The van der Waals surface area contributed by atoms with E-state index >= 15 is 0 Å². The van der Waals surface area contributed by atoms with Gasteiger partial charge >= 0.3 is 11.9 Å². The van der Waals surface area contributed by atoms with Crippen molar-refractivity contribution in [2.45, 2.75) is 25.9 Å². The van der Waals surface area contributed by atoms with Gasteiger partial charge in [0.25, 0.3) is 0 Å². The fourth-order valence-corrected chi connectivity index (χ4v) is 3.29. The van der Waals surface area contributed by atoms with Crippen molar-refractivity contribution in [3.05, 3.63) is 57.7 Å². The maximum atomic E-state index is 14.2. The van der Waals surface area contributed by atoms with Crippen molar-refractivity contribution < 1.29 is 28.2 Å². The second kappa shape index (κ2) is 5.74. The number of esters is 1. The van der Waals surface area contributed by atoms with Crippen molar-refractivity contribution in [3.63, 3.8) is 0 Å². The molecule has 2 aliphatic rings. The smallest absolute Gasteiger partial charge is 0.337 e. The minimum Gasteiger partial charge on any atom is -0.478 e. The van der Waals surface area contributed by atoms with E-state index in [1.54, 1.807) is 6.92 Å². The average molecular weight is 335 g/mol. The molecule has 0 saturated heterocycles. The summed E-state index contributed by atoms with van der Waals surface area (Å²) >= 11 is 0. The number of dihydropyridines is 1. The van der Waals surface area contributed by atoms with Crippen LogP contribution < -0.4 is 5.32 Å². The molecule has 0 unspecified atom stereocenters. The molecule has 2 aliphatic heterocycles. The third-order valence-corrected chi connectivity index (χ3v) is 4.24. The molecular formula is C17H15F2NO4. The second-order valence-corrected chi connectivity index (χ2v) is 5.73. The molecule has 3 rings (SSSR count). The summed E-state index contributed by atoms with van der Waals surface area (Å²) in [6, 6.07) is 3.92. The molecule has 1 aromatic rings. The highest BCUT2D eigenvalue weighted by molar-refractivity contribution is 6.00. The summed E-state index contributed by atoms with van der Waals surface area (Å²) in [4.78, 5) is 23.9. The molecule has 5 nitrogen and oxygen atoms in total. The van der Waals surface area contributed by atoms with Gasteiger partial charge in [-0.15, -0.1) is 0 Å². The SMILES string of the molecule is CC1=C(C(=O)O)[C@H](c2cccc(F)c2[C@H](C)F)C2=C(COC2=O)N1. The largest absolute Gasteiger partial charge is 0.478 e. The number of benzene rings is 1. The molecule has 0 bridgehead atoms. The van der Waals surface area contributed by atoms with Gasteiger partial charge in [0.1, 0.15) is 18.6 Å². The van der Waals surface area contributed by atoms with Crippen LogP contribution in [-0.2, 0) is 14.3 Å². The van der Waals surface area contributed by atoms with Crippen LogP contribution in [0.15, 0.2) is 40.7 Å². The number of halogens is 2. The zero-order valence-corrected chi connectivity index (χ0v) is 13.0. The van der Waals surface area contributed by atoms with Gasteiger partial charge in [-0.1, -0.05) is 12.1 Å². The molecule has 24 heavy (non-hydrogen) atoms. The number of alkyl halides is 1. The van der Waals surface area contributed by atoms with E-state index in [0.717, 1.165) is 6.07 Å². The van der Waals surface area contributed by atoms with Gasteiger partial charge in [0, 0.05) is 11.3 Å². The number of carbonyl (C=O) groups excluding carboxylic acids is 1. The Labute approximate surface area is 136 Å². The number of nitrogens with one attached hydrogen (secondary N) is 1. The maximum Gasteiger partial charge on any atom is 0.337 e. The number of hydrogen-bond acceptors (Lipinski definition) is 4. The first kappa shape index (κ1) is 16.2. The third kappa shape index (κ3) is 2.36. The number of rotatable bonds is 3. The summed E-state index contributed by atoms with van der Waals surface area (Å²) in [5.74, 6) is -3.82. The van der Waals surface area contributed by atoms with Crippen molar-refractivity contribution >= 4 is 11.9 Å². The van der Waals surface area contributed by atoms with Gasteiger partial charge in [-0.05, 0) is 25.5 Å². The summed E-state index contributed by atoms with van der Waals surface area (Å²) in [5, 5.41) is 12.4. The number of cyclic esters (lactones) is 1. The number of carboxylic acid groups (broad SMARTS) is 1. The molecule has 0 saturated carbocycles. The first-order valence-corrected chi connectivity index (χ1v) is 7.36. The lowest BCUT2D eigenvalue weighted by molar-refractivity contribution is -0.136. The standard InChI is InChI=1S/C17H15F2NO4/c1-7(18)12-9(4-3-5-10(12)19)14-13(16(21)22)8(2)20-11-6-24-17(23)15(11)14/h3-5,7,14,20H,6H2,1-2H3,(H,21,22)/t7-,14-/m0/s1. The Bertz CT molecular complexity index is 809. The second-order valence-electron chi connectivity index (χ2n) is 5.73. The van der Waals surface area contributed by atoms with E-state index in [1.807, 2.05) is 0 Å². The lowest BCUT2D eigenvalue weighted by Crippen LogP contribution is -2.30. The Morgan fingerprint density at radius 3 is 2.79 bits per heavy atom. The van der Waals surface area contributed by atoms with Crippen LogP contribution in [0, 0.1) is 5.82 Å². The quantitative estimate of drug-likeness (QED) is 0.831. The molecule has 0 aromatic heterocycles. The molecule has 0 aliphatic carbocycles. The summed E-state index contributed by atoms with van der Waals surface area (Å²) in [5.41, 5.74) is 0.572. The number of ether oxygens (including phenoxy) is 1. The molecule has 0 radical (unpaired) electrons. The number of carboxylic acids is 1. The lowest BCUT2D eigenvalue weighted by atomic mass is 9.78. The predicted octanol–water partition coefficient (Wildman–Crippen LogP) is 2.71. The molecule has 2 heterocycles. The Morgan fingerprint density at radius 2 is 2.17 bits per heavy atom. The topological polar surface area (TPSA) is 75.6 Å². The van der Waals surface area contributed by atoms with E-state index in [-0.39, 0.29) is 28.9 Å². The fraction of sp³-hybridized carbons (Fsp3) is 0.294. The van der Waals surface area contributed by atoms with E-state index in [9.17, 15) is 23.5 Å². The first-order chi connectivity index (χ1) is 11.3. The maximum absolute atomic E-state index is 14.2. The summed E-state index contributed by atoms with van der Waals surface area (Å²) in [7, 11) is 0. The van der Waals surface area contributed by atoms with Crippen LogP contribution in [0.5, 0.6) is 0 Å². The Balaban J connectivity index is 2.29. The highest BCUT2D eigenvalue weighted by Crippen LogP contribution is 2.44. The van der Waals surface area contributed by atoms with Crippen molar-refractivity contribution in [2.24, 2.45) is 0 Å². The molecular weight excluding hydrogens is 320 g/mol. The van der Waals surface area contributed by atoms with Gasteiger partial charge in [0.05, 0.1) is 22.8 Å². The molecule has 2 N–H and O–H groups in total. The molecule has 0 spiro atoms. The van der Waals surface area contributed by atoms with Gasteiger partial charge in [-0.3, -0.25) is 0 Å². The van der Waals surface area contributed by atoms with Gasteiger partial charge in [-0.2, -0.15) is 0 Å². The minimum atomic E-state index is -1.66. The van der Waals surface area contributed by atoms with Crippen LogP contribution in [0.4, 0.5) is 8.78 Å². The fourth-order valence-electron chi connectivity index (χ4n) is 3.29. The zero-order valence-electron chi connectivity index (χ0n) is 13.0. The number of aliphatic carboxylic acids is 1. The van der Waals surface area contributed by atoms with Gasteiger partial charge in [-0.25, -0.2) is 18.4 Å². The molecule has 7 heteroatoms.